The van der Waals surface area contributed by atoms with Crippen LogP contribution >= 0.6 is 66.1 Å². The number of aromatic nitrogens is 2. The van der Waals surface area contributed by atoms with Gasteiger partial charge in [-0.2, -0.15) is 15.2 Å². The highest BCUT2D eigenvalue weighted by Gasteiger charge is 2.31. The van der Waals surface area contributed by atoms with Gasteiger partial charge in [-0.15, -0.1) is 0 Å². The zero-order chi connectivity index (χ0) is 44.2. The number of nitrogens with one attached hydrogen (secondary N) is 2. The predicted molar refractivity (Wildman–Crippen MR) is 269 cm³/mol. The Labute approximate surface area is 409 Å². The van der Waals surface area contributed by atoms with Crippen molar-refractivity contribution in [1.82, 2.24) is 20.2 Å². The minimum absolute atomic E-state index is 0.0820. The maximum Gasteiger partial charge on any atom is 0.318 e. The highest BCUT2D eigenvalue weighted by atomic mass is 127. The Morgan fingerprint density at radius 3 is 2.67 bits per heavy atom. The zero-order valence-electron chi connectivity index (χ0n) is 35.2. The minimum Gasteiger partial charge on any atom is -0.489 e. The van der Waals surface area contributed by atoms with E-state index < -0.39 is 0 Å². The zero-order valence-corrected chi connectivity index (χ0v) is 41.3. The number of benzene rings is 4. The van der Waals surface area contributed by atoms with Crippen molar-refractivity contribution >= 4 is 112 Å². The van der Waals surface area contributed by atoms with Crippen LogP contribution in [0.2, 0.25) is 5.02 Å². The van der Waals surface area contributed by atoms with Gasteiger partial charge in [0.25, 0.3) is 5.91 Å². The summed E-state index contributed by atoms with van der Waals surface area (Å²) < 4.78 is 21.3. The Morgan fingerprint density at radius 2 is 1.83 bits per heavy atom. The Bertz CT molecular complexity index is 2600. The van der Waals surface area contributed by atoms with Gasteiger partial charge in [0.15, 0.2) is 0 Å². The van der Waals surface area contributed by atoms with Gasteiger partial charge >= 0.3 is 6.01 Å². The van der Waals surface area contributed by atoms with Gasteiger partial charge in [0.2, 0.25) is 0 Å². The van der Waals surface area contributed by atoms with Crippen LogP contribution in [0.1, 0.15) is 48.1 Å². The van der Waals surface area contributed by atoms with Crippen molar-refractivity contribution in [2.75, 3.05) is 80.8 Å². The molecule has 1 aromatic heterocycles. The number of anilines is 3. The molecule has 4 aromatic carbocycles. The van der Waals surface area contributed by atoms with Crippen LogP contribution in [0, 0.1) is 14.9 Å². The van der Waals surface area contributed by atoms with E-state index in [-0.39, 0.29) is 18.0 Å². The summed E-state index contributed by atoms with van der Waals surface area (Å²) in [7, 11) is 0. The monoisotopic (exact) mass is 1120 g/mol. The highest BCUT2D eigenvalue weighted by Crippen LogP contribution is 2.40. The summed E-state index contributed by atoms with van der Waals surface area (Å²) in [5, 5.41) is 18.8. The summed E-state index contributed by atoms with van der Waals surface area (Å²) in [5.74, 6) is 1.50. The largest absolute Gasteiger partial charge is 0.489 e. The number of likely N-dealkylation sites (tertiary alicyclic amines) is 1. The first-order chi connectivity index (χ1) is 31.2. The van der Waals surface area contributed by atoms with Crippen molar-refractivity contribution < 1.29 is 19.0 Å². The van der Waals surface area contributed by atoms with E-state index in [0.717, 1.165) is 126 Å². The van der Waals surface area contributed by atoms with Crippen LogP contribution in [-0.2, 0) is 22.5 Å². The van der Waals surface area contributed by atoms with Crippen molar-refractivity contribution in [3.8, 4) is 17.8 Å². The molecule has 0 radical (unpaired) electrons. The number of piperazine rings is 1. The first-order valence-corrected chi connectivity index (χ1v) is 24.8. The number of nitrogens with zero attached hydrogens (tertiary/aromatic N) is 6. The number of hydrogen-bond acceptors (Lipinski definition) is 11. The van der Waals surface area contributed by atoms with Crippen molar-refractivity contribution in [3.05, 3.63) is 107 Å². The summed E-state index contributed by atoms with van der Waals surface area (Å²) in [6.45, 7) is 7.65. The molecule has 5 heterocycles. The fourth-order valence-corrected chi connectivity index (χ4v) is 11.4. The molecule has 64 heavy (non-hydrogen) atoms. The van der Waals surface area contributed by atoms with Gasteiger partial charge in [-0.3, -0.25) is 9.69 Å². The Kier molecular flexibility index (Phi) is 14.6. The van der Waals surface area contributed by atoms with Gasteiger partial charge in [-0.25, -0.2) is 0 Å². The lowest BCUT2D eigenvalue weighted by atomic mass is 10.0. The fourth-order valence-electron chi connectivity index (χ4n) is 9.22. The molecule has 5 aromatic rings. The molecule has 1 amide bonds. The predicted octanol–water partition coefficient (Wildman–Crippen LogP) is 9.49. The second-order valence-corrected chi connectivity index (χ2v) is 19.8. The third kappa shape index (κ3) is 10.2. The third-order valence-electron chi connectivity index (χ3n) is 12.3. The number of fused-ring (bicyclic) bond motifs is 3. The topological polar surface area (TPSA) is 128 Å². The van der Waals surface area contributed by atoms with Crippen molar-refractivity contribution in [2.24, 2.45) is 0 Å². The number of carbonyl (C=O) groups excluding carboxylic acids is 1. The lowest BCUT2D eigenvalue weighted by Crippen LogP contribution is -2.51. The molecular formula is C48H48Br2ClIN8O4. The van der Waals surface area contributed by atoms with E-state index in [1.165, 1.54) is 0 Å². The Morgan fingerprint density at radius 1 is 0.984 bits per heavy atom. The van der Waals surface area contributed by atoms with Gasteiger partial charge in [0.1, 0.15) is 24.8 Å². The van der Waals surface area contributed by atoms with Gasteiger partial charge in [0, 0.05) is 88.4 Å². The Balaban J connectivity index is 0.788. The summed E-state index contributed by atoms with van der Waals surface area (Å²) in [4.78, 5) is 30.1. The summed E-state index contributed by atoms with van der Waals surface area (Å²) >= 11 is 16.4. The summed E-state index contributed by atoms with van der Waals surface area (Å²) in [6.07, 6.45) is 6.19. The molecule has 0 spiro atoms. The van der Waals surface area contributed by atoms with E-state index in [4.69, 9.17) is 35.8 Å². The number of halogens is 4. The standard InChI is InChI=1S/C48H48Br2ClIN8O4/c49-38-24-30(23-37-36-26-32(52)10-11-41(36)55-47(37)61)25-39(50)45(38)63-22-21-62-20-4-17-58-16-3-7-34(58)29-64-48-56-42-28-59(43-9-2-6-31-5-1-8-40(51)44(31)43)18-13-35(42)46(57-48)60-19-15-54-33(27-60)12-14-53/h1-2,5-6,8-11,23-26,33-34,54H,3-4,7,12-13,15-22,27-29H2,(H,55,61). The van der Waals surface area contributed by atoms with Gasteiger partial charge in [0.05, 0.1) is 45.3 Å². The molecule has 0 bridgehead atoms. The molecule has 2 unspecified atom stereocenters. The molecule has 2 fully saturated rings. The average molecular weight is 1120 g/mol. The molecule has 2 N–H and O–H groups in total. The van der Waals surface area contributed by atoms with Crippen LogP contribution in [0.3, 0.4) is 0 Å². The van der Waals surface area contributed by atoms with Crippen LogP contribution < -0.4 is 29.9 Å². The van der Waals surface area contributed by atoms with E-state index in [0.29, 0.717) is 63.3 Å². The number of rotatable bonds is 15. The first-order valence-electron chi connectivity index (χ1n) is 21.8. The quantitative estimate of drug-likeness (QED) is 0.0592. The molecule has 2 saturated heterocycles. The van der Waals surface area contributed by atoms with Crippen LogP contribution in [0.15, 0.2) is 75.7 Å². The van der Waals surface area contributed by atoms with Gasteiger partial charge in [-0.05, 0) is 146 Å². The van der Waals surface area contributed by atoms with Crippen molar-refractivity contribution in [3.63, 3.8) is 0 Å². The lowest BCUT2D eigenvalue weighted by Gasteiger charge is -2.37. The minimum atomic E-state index is -0.111. The smallest absolute Gasteiger partial charge is 0.318 e. The number of ether oxygens (including phenoxy) is 3. The van der Waals surface area contributed by atoms with E-state index in [2.05, 4.69) is 110 Å². The summed E-state index contributed by atoms with van der Waals surface area (Å²) in [5.41, 5.74) is 6.47. The van der Waals surface area contributed by atoms with E-state index in [9.17, 15) is 10.1 Å². The van der Waals surface area contributed by atoms with Gasteiger partial charge < -0.3 is 34.6 Å². The molecule has 0 saturated carbocycles. The maximum atomic E-state index is 12.7. The van der Waals surface area contributed by atoms with Crippen LogP contribution in [0.5, 0.6) is 11.8 Å². The second kappa shape index (κ2) is 20.7. The van der Waals surface area contributed by atoms with E-state index >= 15 is 0 Å². The third-order valence-corrected chi connectivity index (χ3v) is 14.5. The van der Waals surface area contributed by atoms with E-state index in [1.54, 1.807) is 0 Å². The summed E-state index contributed by atoms with van der Waals surface area (Å²) in [6, 6.07) is 25.3. The maximum absolute atomic E-state index is 12.7. The highest BCUT2D eigenvalue weighted by molar-refractivity contribution is 14.1. The van der Waals surface area contributed by atoms with Crippen molar-refractivity contribution in [1.29, 1.82) is 5.26 Å². The second-order valence-electron chi connectivity index (χ2n) is 16.5. The molecule has 2 atom stereocenters. The SMILES string of the molecule is N#CCC1CN(c2nc(OCC3CCCN3CCCOCCOc3c(Br)cc(C=C4C(=O)Nc5ccc(I)cc54)cc3Br)nc3c2CCN(c2cccc4cccc(Cl)c24)C3)CCN1. The molecule has 12 nitrogen and oxygen atoms in total. The molecular weight excluding hydrogens is 1070 g/mol. The van der Waals surface area contributed by atoms with Crippen LogP contribution in [0.4, 0.5) is 17.2 Å². The normalized spacial score (nSPS) is 19.2. The molecule has 4 aliphatic rings. The number of nitriles is 1. The fraction of sp³-hybridized carbons (Fsp3) is 0.375. The number of hydrogen-bond donors (Lipinski definition) is 2. The number of amides is 1. The van der Waals surface area contributed by atoms with Crippen LogP contribution in [-0.4, -0.2) is 98.6 Å². The molecule has 4 aliphatic heterocycles. The molecule has 16 heteroatoms. The van der Waals surface area contributed by atoms with Crippen molar-refractivity contribution in [2.45, 2.75) is 50.7 Å². The first kappa shape index (κ1) is 45.1. The Hall–Kier alpha value is -4.02. The molecule has 0 aliphatic carbocycles. The molecule has 9 rings (SSSR count). The average Bonchev–Trinajstić information content (AvgIpc) is 3.87. The van der Waals surface area contributed by atoms with Crippen LogP contribution in [0.25, 0.3) is 22.4 Å². The lowest BCUT2D eigenvalue weighted by molar-refractivity contribution is -0.110. The van der Waals surface area contributed by atoms with Gasteiger partial charge in [-0.1, -0.05) is 35.9 Å². The number of carbonyl (C=O) groups is 1. The molecule has 332 valence electrons. The van der Waals surface area contributed by atoms with E-state index in [1.807, 2.05) is 48.5 Å².